The van der Waals surface area contributed by atoms with Crippen molar-refractivity contribution in [2.75, 3.05) is 13.1 Å². The summed E-state index contributed by atoms with van der Waals surface area (Å²) in [5, 5.41) is 7.40. The van der Waals surface area contributed by atoms with E-state index < -0.39 is 0 Å². The van der Waals surface area contributed by atoms with Crippen molar-refractivity contribution in [1.82, 2.24) is 15.4 Å². The number of ether oxygens (including phenoxy) is 1. The van der Waals surface area contributed by atoms with E-state index in [1.165, 1.54) is 0 Å². The van der Waals surface area contributed by atoms with E-state index in [0.29, 0.717) is 24.0 Å². The number of nitrogens with one attached hydrogen (secondary N) is 1. The van der Waals surface area contributed by atoms with Crippen molar-refractivity contribution in [1.29, 1.82) is 0 Å². The van der Waals surface area contributed by atoms with E-state index in [2.05, 4.69) is 15.4 Å². The molecule has 2 atom stereocenters. The Morgan fingerprint density at radius 3 is 2.88 bits per heavy atom. The van der Waals surface area contributed by atoms with Gasteiger partial charge in [-0.25, -0.2) is 0 Å². The van der Waals surface area contributed by atoms with Gasteiger partial charge >= 0.3 is 0 Å². The number of hydrogen-bond acceptors (Lipinski definition) is 5. The molecule has 26 heavy (non-hydrogen) atoms. The normalized spacial score (nSPS) is 22.3. The van der Waals surface area contributed by atoms with E-state index in [9.17, 15) is 4.79 Å². The minimum atomic E-state index is 0.0792. The SMILES string of the molecule is Cc1noc(C)c1COc1ccccc1C(=O)N1C2CCNCC1CC2. The summed E-state index contributed by atoms with van der Waals surface area (Å²) in [5.41, 5.74) is 2.40. The van der Waals surface area contributed by atoms with Crippen molar-refractivity contribution >= 4 is 5.91 Å². The first-order chi connectivity index (χ1) is 12.6. The Morgan fingerprint density at radius 2 is 2.08 bits per heavy atom. The van der Waals surface area contributed by atoms with Crippen LogP contribution in [0.25, 0.3) is 0 Å². The quantitative estimate of drug-likeness (QED) is 0.913. The minimum Gasteiger partial charge on any atom is -0.488 e. The second kappa shape index (κ2) is 7.11. The smallest absolute Gasteiger partial charge is 0.258 e. The molecule has 138 valence electrons. The molecule has 2 aliphatic rings. The fourth-order valence-electron chi connectivity index (χ4n) is 4.08. The van der Waals surface area contributed by atoms with Gasteiger partial charge in [0.1, 0.15) is 18.1 Å². The standard InChI is InChI=1S/C20H25N3O3/c1-13-18(14(2)26-22-13)12-25-19-6-4-3-5-17(19)20(24)23-15-7-8-16(23)11-21-10-9-15/h3-6,15-16,21H,7-12H2,1-2H3. The summed E-state index contributed by atoms with van der Waals surface area (Å²) in [6, 6.07) is 8.14. The number of benzene rings is 1. The molecule has 0 spiro atoms. The number of para-hydroxylation sites is 1. The third-order valence-electron chi connectivity index (χ3n) is 5.56. The van der Waals surface area contributed by atoms with Crippen LogP contribution in [0, 0.1) is 13.8 Å². The molecule has 6 heteroatoms. The van der Waals surface area contributed by atoms with Crippen LogP contribution in [0.2, 0.25) is 0 Å². The summed E-state index contributed by atoms with van der Waals surface area (Å²) in [4.78, 5) is 15.4. The first kappa shape index (κ1) is 17.1. The number of fused-ring (bicyclic) bond motifs is 2. The van der Waals surface area contributed by atoms with Crippen molar-refractivity contribution in [3.63, 3.8) is 0 Å². The van der Waals surface area contributed by atoms with E-state index in [-0.39, 0.29) is 11.9 Å². The molecule has 0 aliphatic carbocycles. The zero-order chi connectivity index (χ0) is 18.1. The van der Waals surface area contributed by atoms with Crippen LogP contribution in [0.5, 0.6) is 5.75 Å². The van der Waals surface area contributed by atoms with Gasteiger partial charge in [-0.05, 0) is 51.8 Å². The summed E-state index contributed by atoms with van der Waals surface area (Å²) in [7, 11) is 0. The zero-order valence-corrected chi connectivity index (χ0v) is 15.3. The van der Waals surface area contributed by atoms with Gasteiger partial charge in [-0.15, -0.1) is 0 Å². The van der Waals surface area contributed by atoms with Crippen LogP contribution in [0.1, 0.15) is 46.6 Å². The highest BCUT2D eigenvalue weighted by Crippen LogP contribution is 2.32. The summed E-state index contributed by atoms with van der Waals surface area (Å²) >= 11 is 0. The van der Waals surface area contributed by atoms with Crippen LogP contribution >= 0.6 is 0 Å². The molecule has 2 aromatic rings. The molecule has 2 unspecified atom stereocenters. The average molecular weight is 355 g/mol. The topological polar surface area (TPSA) is 67.6 Å². The third kappa shape index (κ3) is 3.09. The van der Waals surface area contributed by atoms with Gasteiger partial charge < -0.3 is 19.5 Å². The van der Waals surface area contributed by atoms with Crippen molar-refractivity contribution in [2.24, 2.45) is 0 Å². The van der Waals surface area contributed by atoms with Crippen LogP contribution in [0.4, 0.5) is 0 Å². The Kier molecular flexibility index (Phi) is 4.68. The molecule has 4 rings (SSSR count). The van der Waals surface area contributed by atoms with Crippen molar-refractivity contribution in [2.45, 2.75) is 51.8 Å². The molecule has 3 heterocycles. The molecule has 1 amide bonds. The average Bonchev–Trinajstić information content (AvgIpc) is 3.10. The number of aromatic nitrogens is 1. The Balaban J connectivity index is 1.56. The Bertz CT molecular complexity index is 768. The molecule has 0 radical (unpaired) electrons. The van der Waals surface area contributed by atoms with Gasteiger partial charge in [0.15, 0.2) is 0 Å². The summed E-state index contributed by atoms with van der Waals surface area (Å²) in [6.45, 7) is 5.98. The van der Waals surface area contributed by atoms with Crippen LogP contribution in [0.15, 0.2) is 28.8 Å². The van der Waals surface area contributed by atoms with Crippen LogP contribution in [-0.2, 0) is 6.61 Å². The molecule has 1 aromatic carbocycles. The van der Waals surface area contributed by atoms with Gasteiger partial charge in [-0.1, -0.05) is 17.3 Å². The molecule has 1 N–H and O–H groups in total. The molecular formula is C20H25N3O3. The van der Waals surface area contributed by atoms with Crippen molar-refractivity contribution in [3.05, 3.63) is 46.8 Å². The highest BCUT2D eigenvalue weighted by atomic mass is 16.5. The van der Waals surface area contributed by atoms with E-state index in [1.54, 1.807) is 0 Å². The summed E-state index contributed by atoms with van der Waals surface area (Å²) < 4.78 is 11.2. The molecule has 1 aromatic heterocycles. The molecule has 6 nitrogen and oxygen atoms in total. The van der Waals surface area contributed by atoms with Gasteiger partial charge in [-0.2, -0.15) is 0 Å². The zero-order valence-electron chi connectivity index (χ0n) is 15.3. The van der Waals surface area contributed by atoms with Gasteiger partial charge in [0.25, 0.3) is 5.91 Å². The molecular weight excluding hydrogens is 330 g/mol. The second-order valence-electron chi connectivity index (χ2n) is 7.18. The van der Waals surface area contributed by atoms with Gasteiger partial charge in [0.05, 0.1) is 16.8 Å². The second-order valence-corrected chi connectivity index (χ2v) is 7.18. The Morgan fingerprint density at radius 1 is 1.27 bits per heavy atom. The van der Waals surface area contributed by atoms with E-state index >= 15 is 0 Å². The first-order valence-electron chi connectivity index (χ1n) is 9.32. The largest absolute Gasteiger partial charge is 0.488 e. The third-order valence-corrected chi connectivity index (χ3v) is 5.56. The highest BCUT2D eigenvalue weighted by molar-refractivity contribution is 5.97. The lowest BCUT2D eigenvalue weighted by Crippen LogP contribution is -2.42. The van der Waals surface area contributed by atoms with Gasteiger partial charge in [0, 0.05) is 18.6 Å². The maximum absolute atomic E-state index is 13.3. The highest BCUT2D eigenvalue weighted by Gasteiger charge is 2.39. The van der Waals surface area contributed by atoms with Crippen molar-refractivity contribution in [3.8, 4) is 5.75 Å². The lowest BCUT2D eigenvalue weighted by Gasteiger charge is -2.28. The number of aryl methyl sites for hydroxylation is 2. The number of carbonyl (C=O) groups is 1. The number of amides is 1. The maximum atomic E-state index is 13.3. The van der Waals surface area contributed by atoms with Gasteiger partial charge in [0.2, 0.25) is 0 Å². The molecule has 2 fully saturated rings. The first-order valence-corrected chi connectivity index (χ1v) is 9.32. The summed E-state index contributed by atoms with van der Waals surface area (Å²) in [5.74, 6) is 1.45. The van der Waals surface area contributed by atoms with E-state index in [1.807, 2.05) is 38.1 Å². The minimum absolute atomic E-state index is 0.0792. The van der Waals surface area contributed by atoms with Crippen molar-refractivity contribution < 1.29 is 14.1 Å². The van der Waals surface area contributed by atoms with E-state index in [4.69, 9.17) is 9.26 Å². The predicted octanol–water partition coefficient (Wildman–Crippen LogP) is 2.84. The summed E-state index contributed by atoms with van der Waals surface area (Å²) in [6.07, 6.45) is 3.19. The Labute approximate surface area is 153 Å². The monoisotopic (exact) mass is 355 g/mol. The predicted molar refractivity (Wildman–Crippen MR) is 97.2 cm³/mol. The van der Waals surface area contributed by atoms with Crippen LogP contribution < -0.4 is 10.1 Å². The lowest BCUT2D eigenvalue weighted by molar-refractivity contribution is 0.0675. The maximum Gasteiger partial charge on any atom is 0.258 e. The molecule has 0 saturated carbocycles. The molecule has 2 saturated heterocycles. The van der Waals surface area contributed by atoms with Crippen LogP contribution in [-0.4, -0.2) is 41.1 Å². The van der Waals surface area contributed by atoms with Crippen LogP contribution in [0.3, 0.4) is 0 Å². The number of carbonyl (C=O) groups excluding carboxylic acids is 1. The number of rotatable bonds is 4. The Hall–Kier alpha value is -2.34. The fraction of sp³-hybridized carbons (Fsp3) is 0.500. The number of nitrogens with zero attached hydrogens (tertiary/aromatic N) is 2. The molecule has 2 bridgehead atoms. The van der Waals surface area contributed by atoms with Gasteiger partial charge in [-0.3, -0.25) is 4.79 Å². The lowest BCUT2D eigenvalue weighted by atomic mass is 10.1. The molecule has 2 aliphatic heterocycles. The fourth-order valence-corrected chi connectivity index (χ4v) is 4.08. The number of hydrogen-bond donors (Lipinski definition) is 1. The van der Waals surface area contributed by atoms with E-state index in [0.717, 1.165) is 49.4 Å².